The van der Waals surface area contributed by atoms with E-state index in [2.05, 4.69) is 10.3 Å². The summed E-state index contributed by atoms with van der Waals surface area (Å²) in [7, 11) is 0. The summed E-state index contributed by atoms with van der Waals surface area (Å²) in [6, 6.07) is 9.03. The minimum absolute atomic E-state index is 0.0878. The van der Waals surface area contributed by atoms with Crippen molar-refractivity contribution < 1.29 is 14.5 Å². The molecule has 0 aliphatic rings. The van der Waals surface area contributed by atoms with Gasteiger partial charge < -0.3 is 10.1 Å². The molecule has 1 aromatic heterocycles. The average molecular weight is 273 g/mol. The Labute approximate surface area is 114 Å². The third-order valence-electron chi connectivity index (χ3n) is 2.34. The summed E-state index contributed by atoms with van der Waals surface area (Å²) in [5.74, 6) is -0.106. The number of amides is 1. The van der Waals surface area contributed by atoms with Crippen LogP contribution in [0.4, 0.5) is 11.4 Å². The fourth-order valence-electron chi connectivity index (χ4n) is 1.47. The van der Waals surface area contributed by atoms with Gasteiger partial charge in [-0.15, -0.1) is 0 Å². The lowest BCUT2D eigenvalue weighted by Crippen LogP contribution is -2.20. The van der Waals surface area contributed by atoms with E-state index in [1.165, 1.54) is 24.4 Å². The molecule has 1 amide bonds. The van der Waals surface area contributed by atoms with Crippen molar-refractivity contribution in [2.45, 2.75) is 0 Å². The minimum Gasteiger partial charge on any atom is -0.484 e. The molecule has 20 heavy (non-hydrogen) atoms. The van der Waals surface area contributed by atoms with Crippen LogP contribution in [-0.2, 0) is 4.79 Å². The summed E-state index contributed by atoms with van der Waals surface area (Å²) >= 11 is 0. The first-order chi connectivity index (χ1) is 9.65. The van der Waals surface area contributed by atoms with E-state index >= 15 is 0 Å². The molecule has 1 aromatic carbocycles. The van der Waals surface area contributed by atoms with Gasteiger partial charge in [-0.2, -0.15) is 0 Å². The molecule has 7 nitrogen and oxygen atoms in total. The van der Waals surface area contributed by atoms with E-state index in [1.54, 1.807) is 24.4 Å². The quantitative estimate of drug-likeness (QED) is 0.664. The lowest BCUT2D eigenvalue weighted by molar-refractivity contribution is -0.384. The zero-order valence-electron chi connectivity index (χ0n) is 10.4. The van der Waals surface area contributed by atoms with Gasteiger partial charge in [-0.05, 0) is 18.2 Å². The summed E-state index contributed by atoms with van der Waals surface area (Å²) in [6.45, 7) is -0.240. The third kappa shape index (κ3) is 3.77. The number of hydrogen-bond donors (Lipinski definition) is 1. The summed E-state index contributed by atoms with van der Waals surface area (Å²) in [5.41, 5.74) is 0.468. The minimum atomic E-state index is -0.525. The number of ether oxygens (including phenoxy) is 1. The Balaban J connectivity index is 1.90. The number of anilines is 1. The maximum atomic E-state index is 11.6. The average Bonchev–Trinajstić information content (AvgIpc) is 2.46. The van der Waals surface area contributed by atoms with Gasteiger partial charge in [-0.1, -0.05) is 6.07 Å². The maximum absolute atomic E-state index is 11.6. The van der Waals surface area contributed by atoms with Gasteiger partial charge in [0.2, 0.25) is 0 Å². The van der Waals surface area contributed by atoms with Crippen LogP contribution in [-0.4, -0.2) is 22.4 Å². The molecule has 1 N–H and O–H groups in total. The van der Waals surface area contributed by atoms with Crippen LogP contribution in [0, 0.1) is 10.1 Å². The van der Waals surface area contributed by atoms with Crippen molar-refractivity contribution in [1.29, 1.82) is 0 Å². The molecule has 2 rings (SSSR count). The molecule has 0 aliphatic carbocycles. The van der Waals surface area contributed by atoms with Gasteiger partial charge in [0.1, 0.15) is 5.75 Å². The van der Waals surface area contributed by atoms with Crippen molar-refractivity contribution in [1.82, 2.24) is 4.98 Å². The molecule has 0 saturated heterocycles. The van der Waals surface area contributed by atoms with Gasteiger partial charge in [-0.3, -0.25) is 19.9 Å². The Morgan fingerprint density at radius 2 is 2.20 bits per heavy atom. The lowest BCUT2D eigenvalue weighted by Gasteiger charge is -2.06. The molecule has 1 heterocycles. The topological polar surface area (TPSA) is 94.4 Å². The van der Waals surface area contributed by atoms with Crippen LogP contribution in [0.1, 0.15) is 0 Å². The van der Waals surface area contributed by atoms with Crippen molar-refractivity contribution in [2.24, 2.45) is 0 Å². The van der Waals surface area contributed by atoms with Crippen LogP contribution in [0.3, 0.4) is 0 Å². The van der Waals surface area contributed by atoms with Gasteiger partial charge in [0, 0.05) is 12.3 Å². The number of non-ortho nitro benzene ring substituents is 1. The van der Waals surface area contributed by atoms with E-state index in [4.69, 9.17) is 4.74 Å². The molecule has 0 aliphatic heterocycles. The molecule has 7 heteroatoms. The van der Waals surface area contributed by atoms with E-state index in [-0.39, 0.29) is 24.0 Å². The summed E-state index contributed by atoms with van der Waals surface area (Å²) < 4.78 is 5.19. The highest BCUT2D eigenvalue weighted by atomic mass is 16.6. The monoisotopic (exact) mass is 273 g/mol. The zero-order chi connectivity index (χ0) is 14.4. The fraction of sp³-hybridized carbons (Fsp3) is 0.0769. The van der Waals surface area contributed by atoms with Crippen molar-refractivity contribution in [2.75, 3.05) is 11.9 Å². The number of hydrogen-bond acceptors (Lipinski definition) is 5. The molecule has 102 valence electrons. The van der Waals surface area contributed by atoms with Crippen molar-refractivity contribution in [3.8, 4) is 5.75 Å². The first-order valence-electron chi connectivity index (χ1n) is 5.72. The molecule has 2 aromatic rings. The predicted molar refractivity (Wildman–Crippen MR) is 71.5 cm³/mol. The number of nitrogens with zero attached hydrogens (tertiary/aromatic N) is 2. The molecule has 0 saturated carbocycles. The second kappa shape index (κ2) is 6.28. The van der Waals surface area contributed by atoms with E-state index in [1.807, 2.05) is 0 Å². The molecule has 0 fully saturated rings. The number of benzene rings is 1. The third-order valence-corrected chi connectivity index (χ3v) is 2.34. The molecule has 0 atom stereocenters. The van der Waals surface area contributed by atoms with Crippen LogP contribution in [0.25, 0.3) is 0 Å². The van der Waals surface area contributed by atoms with Crippen LogP contribution >= 0.6 is 0 Å². The van der Waals surface area contributed by atoms with E-state index in [0.29, 0.717) is 5.69 Å². The number of nitrogens with one attached hydrogen (secondary N) is 1. The van der Waals surface area contributed by atoms with E-state index in [0.717, 1.165) is 0 Å². The molecule has 0 spiro atoms. The zero-order valence-corrected chi connectivity index (χ0v) is 10.4. The van der Waals surface area contributed by atoms with Gasteiger partial charge in [0.05, 0.1) is 22.9 Å². The molecule has 0 bridgehead atoms. The number of pyridine rings is 1. The molecular formula is C13H11N3O4. The molecule has 0 radical (unpaired) electrons. The number of rotatable bonds is 5. The highest BCUT2D eigenvalue weighted by Crippen LogP contribution is 2.18. The van der Waals surface area contributed by atoms with E-state index < -0.39 is 4.92 Å². The highest BCUT2D eigenvalue weighted by Gasteiger charge is 2.08. The number of carbonyl (C=O) groups is 1. The van der Waals surface area contributed by atoms with Gasteiger partial charge in [0.15, 0.2) is 6.61 Å². The Morgan fingerprint density at radius 3 is 2.90 bits per heavy atom. The van der Waals surface area contributed by atoms with Crippen molar-refractivity contribution in [3.63, 3.8) is 0 Å². The fourth-order valence-corrected chi connectivity index (χ4v) is 1.47. The predicted octanol–water partition coefficient (Wildman–Crippen LogP) is 2.01. The second-order valence-corrected chi connectivity index (χ2v) is 3.83. The number of nitro groups is 1. The standard InChI is InChI=1S/C13H11N3O4/c17-13(15-10-3-2-6-14-8-10)9-20-12-5-1-4-11(7-12)16(18)19/h1-8H,9H2,(H,15,17). The van der Waals surface area contributed by atoms with Crippen molar-refractivity contribution in [3.05, 3.63) is 58.9 Å². The van der Waals surface area contributed by atoms with Crippen LogP contribution < -0.4 is 10.1 Å². The number of nitro benzene ring substituents is 1. The summed E-state index contributed by atoms with van der Waals surface area (Å²) in [6.07, 6.45) is 3.10. The summed E-state index contributed by atoms with van der Waals surface area (Å²) in [4.78, 5) is 25.5. The first kappa shape index (κ1) is 13.5. The highest BCUT2D eigenvalue weighted by molar-refractivity contribution is 5.91. The van der Waals surface area contributed by atoms with Crippen LogP contribution in [0.15, 0.2) is 48.8 Å². The van der Waals surface area contributed by atoms with Gasteiger partial charge in [0.25, 0.3) is 11.6 Å². The van der Waals surface area contributed by atoms with Crippen molar-refractivity contribution >= 4 is 17.3 Å². The second-order valence-electron chi connectivity index (χ2n) is 3.83. The van der Waals surface area contributed by atoms with Gasteiger partial charge >= 0.3 is 0 Å². The normalized spacial score (nSPS) is 9.80. The Hall–Kier alpha value is -2.96. The number of carbonyl (C=O) groups excluding carboxylic acids is 1. The first-order valence-corrected chi connectivity index (χ1v) is 5.72. The maximum Gasteiger partial charge on any atom is 0.273 e. The SMILES string of the molecule is O=C(COc1cccc([N+](=O)[O-])c1)Nc1cccnc1. The Kier molecular flexibility index (Phi) is 4.23. The lowest BCUT2D eigenvalue weighted by atomic mass is 10.3. The Morgan fingerprint density at radius 1 is 1.35 bits per heavy atom. The molecule has 0 unspecified atom stereocenters. The van der Waals surface area contributed by atoms with Gasteiger partial charge in [-0.25, -0.2) is 0 Å². The van der Waals surface area contributed by atoms with Crippen LogP contribution in [0.2, 0.25) is 0 Å². The summed E-state index contributed by atoms with van der Waals surface area (Å²) in [5, 5.41) is 13.2. The van der Waals surface area contributed by atoms with Crippen LogP contribution in [0.5, 0.6) is 5.75 Å². The molecular weight excluding hydrogens is 262 g/mol. The number of aromatic nitrogens is 1. The Bertz CT molecular complexity index is 616. The largest absolute Gasteiger partial charge is 0.484 e. The van der Waals surface area contributed by atoms with E-state index in [9.17, 15) is 14.9 Å². The smallest absolute Gasteiger partial charge is 0.273 e.